The van der Waals surface area contributed by atoms with Gasteiger partial charge in [0.25, 0.3) is 5.91 Å². The maximum Gasteiger partial charge on any atom is 0.293 e. The predicted octanol–water partition coefficient (Wildman–Crippen LogP) is 4.97. The van der Waals surface area contributed by atoms with Gasteiger partial charge in [-0.15, -0.1) is 0 Å². The van der Waals surface area contributed by atoms with Gasteiger partial charge in [0.05, 0.1) is 24.3 Å². The van der Waals surface area contributed by atoms with E-state index < -0.39 is 5.91 Å². The molecule has 0 saturated heterocycles. The van der Waals surface area contributed by atoms with Crippen LogP contribution in [0.25, 0.3) is 22.1 Å². The van der Waals surface area contributed by atoms with Crippen LogP contribution in [-0.2, 0) is 0 Å². The van der Waals surface area contributed by atoms with Crippen molar-refractivity contribution < 1.29 is 18.4 Å². The van der Waals surface area contributed by atoms with Gasteiger partial charge in [-0.3, -0.25) is 14.9 Å². The van der Waals surface area contributed by atoms with Crippen molar-refractivity contribution in [2.45, 2.75) is 0 Å². The molecule has 0 aliphatic carbocycles. The molecule has 6 nitrogen and oxygen atoms in total. The van der Waals surface area contributed by atoms with Crippen LogP contribution in [0.15, 0.2) is 74.5 Å². The van der Waals surface area contributed by atoms with Crippen LogP contribution in [0.2, 0.25) is 5.02 Å². The molecular formula is C21H14ClNO5. The van der Waals surface area contributed by atoms with Crippen molar-refractivity contribution in [1.82, 2.24) is 0 Å². The van der Waals surface area contributed by atoms with E-state index in [0.717, 1.165) is 0 Å². The molecule has 1 N–H and O–H groups in total. The Kier molecular flexibility index (Phi) is 4.63. The summed E-state index contributed by atoms with van der Waals surface area (Å²) in [5.74, 6) is 0.127. The van der Waals surface area contributed by atoms with E-state index in [1.54, 1.807) is 42.5 Å². The van der Waals surface area contributed by atoms with Crippen molar-refractivity contribution in [2.75, 3.05) is 12.4 Å². The summed E-state index contributed by atoms with van der Waals surface area (Å²) in [5, 5.41) is 3.34. The van der Waals surface area contributed by atoms with E-state index in [2.05, 4.69) is 5.32 Å². The lowest BCUT2D eigenvalue weighted by molar-refractivity contribution is 0.0994. The molecule has 2 aromatic heterocycles. The number of hydrogen-bond donors (Lipinski definition) is 1. The van der Waals surface area contributed by atoms with Gasteiger partial charge in [-0.25, -0.2) is 0 Å². The van der Waals surface area contributed by atoms with Crippen LogP contribution in [0.5, 0.6) is 5.75 Å². The van der Waals surface area contributed by atoms with E-state index in [4.69, 9.17) is 25.2 Å². The van der Waals surface area contributed by atoms with Crippen LogP contribution in [0.1, 0.15) is 10.6 Å². The van der Waals surface area contributed by atoms with Crippen molar-refractivity contribution in [2.24, 2.45) is 0 Å². The van der Waals surface area contributed by atoms with Gasteiger partial charge in [0.2, 0.25) is 11.3 Å². The molecular weight excluding hydrogens is 382 g/mol. The molecule has 7 heteroatoms. The second-order valence-electron chi connectivity index (χ2n) is 5.94. The average molecular weight is 396 g/mol. The maximum absolute atomic E-state index is 13.2. The summed E-state index contributed by atoms with van der Waals surface area (Å²) in [6, 6.07) is 14.7. The Morgan fingerprint density at radius 3 is 2.71 bits per heavy atom. The molecule has 0 atom stereocenters. The minimum atomic E-state index is -0.536. The molecule has 4 rings (SSSR count). The van der Waals surface area contributed by atoms with E-state index in [-0.39, 0.29) is 22.6 Å². The molecule has 0 spiro atoms. The molecule has 28 heavy (non-hydrogen) atoms. The minimum Gasteiger partial charge on any atom is -0.497 e. The van der Waals surface area contributed by atoms with Gasteiger partial charge >= 0.3 is 0 Å². The topological polar surface area (TPSA) is 81.7 Å². The molecule has 0 unspecified atom stereocenters. The third-order valence-electron chi connectivity index (χ3n) is 4.18. The fourth-order valence-corrected chi connectivity index (χ4v) is 3.04. The molecule has 1 amide bonds. The van der Waals surface area contributed by atoms with E-state index in [1.807, 2.05) is 0 Å². The van der Waals surface area contributed by atoms with Gasteiger partial charge in [0.1, 0.15) is 11.3 Å². The summed E-state index contributed by atoms with van der Waals surface area (Å²) in [6.45, 7) is 0. The number of carbonyl (C=O) groups excluding carboxylic acids is 1. The summed E-state index contributed by atoms with van der Waals surface area (Å²) in [5.41, 5.74) is 0.695. The van der Waals surface area contributed by atoms with Gasteiger partial charge in [-0.2, -0.15) is 0 Å². The lowest BCUT2D eigenvalue weighted by Gasteiger charge is -2.11. The molecule has 0 fully saturated rings. The van der Waals surface area contributed by atoms with Crippen molar-refractivity contribution in [1.29, 1.82) is 0 Å². The Labute approximate surface area is 164 Å². The summed E-state index contributed by atoms with van der Waals surface area (Å²) in [7, 11) is 1.53. The Balaban J connectivity index is 1.94. The number of hydrogen-bond acceptors (Lipinski definition) is 5. The quantitative estimate of drug-likeness (QED) is 0.527. The van der Waals surface area contributed by atoms with E-state index in [0.29, 0.717) is 27.3 Å². The molecule has 4 aromatic rings. The second-order valence-corrected chi connectivity index (χ2v) is 6.38. The number of benzene rings is 2. The third-order valence-corrected chi connectivity index (χ3v) is 4.42. The standard InChI is InChI=1S/C21H14ClNO5/c1-26-14-5-2-4-12(10-14)18-19(24)15-11-13(22)7-8-16(15)28-21(18)23-20(25)17-6-3-9-27-17/h2-11H,1H3,(H,23,25). The molecule has 0 saturated carbocycles. The van der Waals surface area contributed by atoms with Crippen molar-refractivity contribution in [3.05, 3.63) is 81.9 Å². The Bertz CT molecular complexity index is 1230. The summed E-state index contributed by atoms with van der Waals surface area (Å²) in [6.07, 6.45) is 1.39. The van der Waals surface area contributed by atoms with Crippen molar-refractivity contribution in [3.8, 4) is 16.9 Å². The fraction of sp³-hybridized carbons (Fsp3) is 0.0476. The highest BCUT2D eigenvalue weighted by Crippen LogP contribution is 2.31. The molecule has 2 heterocycles. The minimum absolute atomic E-state index is 0.00877. The van der Waals surface area contributed by atoms with Crippen LogP contribution in [0.3, 0.4) is 0 Å². The number of ether oxygens (including phenoxy) is 1. The summed E-state index contributed by atoms with van der Waals surface area (Å²) < 4.78 is 16.2. The van der Waals surface area contributed by atoms with Crippen LogP contribution in [0, 0.1) is 0 Å². The predicted molar refractivity (Wildman–Crippen MR) is 106 cm³/mol. The number of amides is 1. The molecule has 0 aliphatic rings. The highest BCUT2D eigenvalue weighted by atomic mass is 35.5. The number of nitrogens with one attached hydrogen (secondary N) is 1. The smallest absolute Gasteiger partial charge is 0.293 e. The average Bonchev–Trinajstić information content (AvgIpc) is 3.24. The molecule has 0 aliphatic heterocycles. The second kappa shape index (κ2) is 7.25. The van der Waals surface area contributed by atoms with Gasteiger partial charge in [0.15, 0.2) is 5.76 Å². The van der Waals surface area contributed by atoms with Gasteiger partial charge < -0.3 is 13.6 Å². The highest BCUT2D eigenvalue weighted by molar-refractivity contribution is 6.31. The Morgan fingerprint density at radius 2 is 1.96 bits per heavy atom. The lowest BCUT2D eigenvalue weighted by atomic mass is 10.0. The highest BCUT2D eigenvalue weighted by Gasteiger charge is 2.20. The number of halogens is 1. The van der Waals surface area contributed by atoms with Crippen LogP contribution in [0.4, 0.5) is 5.88 Å². The Hall–Kier alpha value is -3.51. The normalized spacial score (nSPS) is 10.8. The van der Waals surface area contributed by atoms with Crippen molar-refractivity contribution in [3.63, 3.8) is 0 Å². The fourth-order valence-electron chi connectivity index (χ4n) is 2.87. The van der Waals surface area contributed by atoms with E-state index in [1.165, 1.54) is 25.5 Å². The number of fused-ring (bicyclic) bond motifs is 1. The molecule has 2 aromatic carbocycles. The number of methoxy groups -OCH3 is 1. The number of carbonyl (C=O) groups is 1. The number of rotatable bonds is 4. The zero-order chi connectivity index (χ0) is 19.7. The molecule has 0 bridgehead atoms. The Morgan fingerprint density at radius 1 is 1.11 bits per heavy atom. The van der Waals surface area contributed by atoms with Gasteiger partial charge in [-0.1, -0.05) is 23.7 Å². The zero-order valence-electron chi connectivity index (χ0n) is 14.7. The first-order valence-electron chi connectivity index (χ1n) is 8.32. The maximum atomic E-state index is 13.2. The van der Waals surface area contributed by atoms with Crippen LogP contribution in [-0.4, -0.2) is 13.0 Å². The largest absolute Gasteiger partial charge is 0.497 e. The van der Waals surface area contributed by atoms with Gasteiger partial charge in [-0.05, 0) is 48.0 Å². The lowest BCUT2D eigenvalue weighted by Crippen LogP contribution is -2.16. The first-order valence-corrected chi connectivity index (χ1v) is 8.70. The number of furan rings is 1. The zero-order valence-corrected chi connectivity index (χ0v) is 15.4. The first kappa shape index (κ1) is 17.9. The van der Waals surface area contributed by atoms with Crippen molar-refractivity contribution >= 4 is 34.4 Å². The van der Waals surface area contributed by atoms with Crippen LogP contribution >= 0.6 is 11.6 Å². The van der Waals surface area contributed by atoms with Crippen LogP contribution < -0.4 is 15.5 Å². The van der Waals surface area contributed by atoms with E-state index in [9.17, 15) is 9.59 Å². The van der Waals surface area contributed by atoms with Gasteiger partial charge in [0, 0.05) is 5.02 Å². The monoisotopic (exact) mass is 395 g/mol. The van der Waals surface area contributed by atoms with E-state index >= 15 is 0 Å². The third kappa shape index (κ3) is 3.25. The SMILES string of the molecule is COc1cccc(-c2c(NC(=O)c3ccco3)oc3ccc(Cl)cc3c2=O)c1. The molecule has 0 radical (unpaired) electrons. The molecule has 140 valence electrons. The summed E-state index contributed by atoms with van der Waals surface area (Å²) in [4.78, 5) is 25.7. The first-order chi connectivity index (χ1) is 13.6. The number of anilines is 1. The summed E-state index contributed by atoms with van der Waals surface area (Å²) >= 11 is 6.05.